The van der Waals surface area contributed by atoms with Gasteiger partial charge in [0, 0.05) is 28.1 Å². The van der Waals surface area contributed by atoms with Gasteiger partial charge in [0.1, 0.15) is 0 Å². The van der Waals surface area contributed by atoms with Gasteiger partial charge in [-0.2, -0.15) is 0 Å². The number of piperidine rings is 1. The Labute approximate surface area is 129 Å². The van der Waals surface area contributed by atoms with E-state index < -0.39 is 0 Å². The van der Waals surface area contributed by atoms with Crippen molar-refractivity contribution in [2.45, 2.75) is 19.4 Å². The first-order valence-electron chi connectivity index (χ1n) is 7.29. The van der Waals surface area contributed by atoms with Crippen molar-refractivity contribution in [3.63, 3.8) is 0 Å². The lowest BCUT2D eigenvalue weighted by Gasteiger charge is -2.29. The van der Waals surface area contributed by atoms with Crippen molar-refractivity contribution in [3.05, 3.63) is 34.2 Å². The molecule has 2 heterocycles. The number of likely N-dealkylation sites (tertiary alicyclic amines) is 1. The Bertz CT molecular complexity index is 581. The molecule has 1 unspecified atom stereocenters. The predicted octanol–water partition coefficient (Wildman–Crippen LogP) is 3.99. The Kier molecular flexibility index (Phi) is 4.61. The number of fused-ring (bicyclic) bond motifs is 1. The van der Waals surface area contributed by atoms with E-state index in [1.54, 1.807) is 11.3 Å². The number of thiophene rings is 1. The van der Waals surface area contributed by atoms with Crippen LogP contribution in [0.4, 0.5) is 0 Å². The van der Waals surface area contributed by atoms with E-state index >= 15 is 0 Å². The van der Waals surface area contributed by atoms with E-state index in [9.17, 15) is 0 Å². The molecule has 0 spiro atoms. The molecular formula is C16H21ClN2S. The molecule has 1 atom stereocenters. The molecule has 0 amide bonds. The van der Waals surface area contributed by atoms with Crippen LogP contribution in [0.15, 0.2) is 24.3 Å². The molecule has 0 aliphatic carbocycles. The van der Waals surface area contributed by atoms with Gasteiger partial charge in [-0.15, -0.1) is 11.3 Å². The van der Waals surface area contributed by atoms with Crippen molar-refractivity contribution >= 4 is 33.0 Å². The Morgan fingerprint density at radius 1 is 1.40 bits per heavy atom. The number of hydrogen-bond donors (Lipinski definition) is 1. The van der Waals surface area contributed by atoms with Gasteiger partial charge in [-0.3, -0.25) is 0 Å². The molecule has 1 aromatic heterocycles. The van der Waals surface area contributed by atoms with Crippen LogP contribution in [0.1, 0.15) is 17.7 Å². The number of nitrogens with one attached hydrogen (secondary N) is 1. The third kappa shape index (κ3) is 3.17. The predicted molar refractivity (Wildman–Crippen MR) is 88.8 cm³/mol. The summed E-state index contributed by atoms with van der Waals surface area (Å²) in [6.45, 7) is 4.44. The Balaban J connectivity index is 1.58. The molecule has 1 aliphatic rings. The monoisotopic (exact) mass is 308 g/mol. The fourth-order valence-corrected chi connectivity index (χ4v) is 4.48. The number of rotatable bonds is 4. The van der Waals surface area contributed by atoms with Gasteiger partial charge in [-0.1, -0.05) is 29.8 Å². The summed E-state index contributed by atoms with van der Waals surface area (Å²) in [7, 11) is 2.22. The van der Waals surface area contributed by atoms with Crippen molar-refractivity contribution in [3.8, 4) is 0 Å². The van der Waals surface area contributed by atoms with Gasteiger partial charge in [0.15, 0.2) is 0 Å². The van der Waals surface area contributed by atoms with Crippen molar-refractivity contribution in [1.29, 1.82) is 0 Å². The maximum atomic E-state index is 6.46. The standard InChI is InChI=1S/C16H21ClN2S/c1-19-8-4-5-12(11-19)9-18-10-15-16(17)13-6-2-3-7-14(13)20-15/h2-3,6-7,12,18H,4-5,8-11H2,1H3. The number of halogens is 1. The minimum absolute atomic E-state index is 0.780. The second-order valence-corrected chi connectivity index (χ2v) is 7.25. The van der Waals surface area contributed by atoms with Crippen LogP contribution in [0, 0.1) is 5.92 Å². The average molecular weight is 309 g/mol. The highest BCUT2D eigenvalue weighted by molar-refractivity contribution is 7.19. The summed E-state index contributed by atoms with van der Waals surface area (Å²) in [5.41, 5.74) is 0. The smallest absolute Gasteiger partial charge is 0.0636 e. The first-order chi connectivity index (χ1) is 9.74. The molecule has 2 nitrogen and oxygen atoms in total. The van der Waals surface area contributed by atoms with Gasteiger partial charge >= 0.3 is 0 Å². The fraction of sp³-hybridized carbons (Fsp3) is 0.500. The third-order valence-electron chi connectivity index (χ3n) is 4.04. The van der Waals surface area contributed by atoms with Gasteiger partial charge in [0.05, 0.1) is 5.02 Å². The average Bonchev–Trinajstić information content (AvgIpc) is 2.76. The van der Waals surface area contributed by atoms with E-state index in [1.165, 1.54) is 40.9 Å². The normalized spacial score (nSPS) is 20.6. The van der Waals surface area contributed by atoms with Crippen LogP contribution in [-0.4, -0.2) is 31.6 Å². The van der Waals surface area contributed by atoms with Crippen LogP contribution in [0.3, 0.4) is 0 Å². The zero-order valence-corrected chi connectivity index (χ0v) is 13.4. The molecule has 1 N–H and O–H groups in total. The summed E-state index contributed by atoms with van der Waals surface area (Å²) in [6, 6.07) is 8.37. The summed E-state index contributed by atoms with van der Waals surface area (Å²) in [5, 5.41) is 5.71. The van der Waals surface area contributed by atoms with Crippen LogP contribution >= 0.6 is 22.9 Å². The fourth-order valence-electron chi connectivity index (χ4n) is 3.01. The molecule has 0 radical (unpaired) electrons. The highest BCUT2D eigenvalue weighted by Crippen LogP contribution is 2.34. The van der Waals surface area contributed by atoms with E-state index in [4.69, 9.17) is 11.6 Å². The van der Waals surface area contributed by atoms with Crippen LogP contribution < -0.4 is 5.32 Å². The lowest BCUT2D eigenvalue weighted by molar-refractivity contribution is 0.206. The summed E-state index contributed by atoms with van der Waals surface area (Å²) < 4.78 is 1.28. The first kappa shape index (κ1) is 14.3. The molecule has 4 heteroatoms. The lowest BCUT2D eigenvalue weighted by atomic mass is 9.98. The second-order valence-electron chi connectivity index (χ2n) is 5.74. The van der Waals surface area contributed by atoms with Gasteiger partial charge < -0.3 is 10.2 Å². The first-order valence-corrected chi connectivity index (χ1v) is 8.48. The molecule has 1 aliphatic heterocycles. The second kappa shape index (κ2) is 6.44. The molecule has 108 valence electrons. The Hall–Kier alpha value is -0.610. The quantitative estimate of drug-likeness (QED) is 0.919. The minimum Gasteiger partial charge on any atom is -0.311 e. The molecule has 2 aromatic rings. The van der Waals surface area contributed by atoms with Gasteiger partial charge in [-0.05, 0) is 45.0 Å². The molecule has 3 rings (SSSR count). The summed E-state index contributed by atoms with van der Waals surface area (Å²) in [5.74, 6) is 0.780. The molecule has 1 saturated heterocycles. The summed E-state index contributed by atoms with van der Waals surface area (Å²) in [6.07, 6.45) is 2.67. The van der Waals surface area contributed by atoms with Crippen molar-refractivity contribution in [1.82, 2.24) is 10.2 Å². The maximum Gasteiger partial charge on any atom is 0.0636 e. The van der Waals surface area contributed by atoms with Crippen molar-refractivity contribution < 1.29 is 0 Å². The summed E-state index contributed by atoms with van der Waals surface area (Å²) >= 11 is 8.27. The third-order valence-corrected chi connectivity index (χ3v) is 5.76. The minimum atomic E-state index is 0.780. The lowest BCUT2D eigenvalue weighted by Crippen LogP contribution is -2.37. The van der Waals surface area contributed by atoms with Crippen molar-refractivity contribution in [2.24, 2.45) is 5.92 Å². The number of hydrogen-bond acceptors (Lipinski definition) is 3. The molecule has 0 bridgehead atoms. The topological polar surface area (TPSA) is 15.3 Å². The summed E-state index contributed by atoms with van der Waals surface area (Å²) in [4.78, 5) is 3.69. The van der Waals surface area contributed by atoms with Crippen LogP contribution in [0.25, 0.3) is 10.1 Å². The maximum absolute atomic E-state index is 6.46. The molecule has 20 heavy (non-hydrogen) atoms. The molecular weight excluding hydrogens is 288 g/mol. The molecule has 1 aromatic carbocycles. The molecule has 1 fully saturated rings. The van der Waals surface area contributed by atoms with Crippen molar-refractivity contribution in [2.75, 3.05) is 26.7 Å². The van der Waals surface area contributed by atoms with Gasteiger partial charge in [0.25, 0.3) is 0 Å². The van der Waals surface area contributed by atoms with Crippen LogP contribution in [0.5, 0.6) is 0 Å². The van der Waals surface area contributed by atoms with E-state index in [0.717, 1.165) is 24.0 Å². The number of nitrogens with zero attached hydrogens (tertiary/aromatic N) is 1. The number of benzene rings is 1. The van der Waals surface area contributed by atoms with E-state index in [2.05, 4.69) is 41.5 Å². The zero-order valence-electron chi connectivity index (χ0n) is 11.9. The SMILES string of the molecule is CN1CCCC(CNCc2sc3ccccc3c2Cl)C1. The van der Waals surface area contributed by atoms with E-state index in [-0.39, 0.29) is 0 Å². The zero-order chi connectivity index (χ0) is 13.9. The highest BCUT2D eigenvalue weighted by atomic mass is 35.5. The van der Waals surface area contributed by atoms with E-state index in [1.807, 2.05) is 0 Å². The largest absolute Gasteiger partial charge is 0.311 e. The van der Waals surface area contributed by atoms with E-state index in [0.29, 0.717) is 0 Å². The molecule has 0 saturated carbocycles. The van der Waals surface area contributed by atoms with Gasteiger partial charge in [0.2, 0.25) is 0 Å². The van der Waals surface area contributed by atoms with Crippen LogP contribution in [-0.2, 0) is 6.54 Å². The highest BCUT2D eigenvalue weighted by Gasteiger charge is 2.17. The van der Waals surface area contributed by atoms with Gasteiger partial charge in [-0.25, -0.2) is 0 Å². The Morgan fingerprint density at radius 3 is 3.05 bits per heavy atom. The van der Waals surface area contributed by atoms with Crippen LogP contribution in [0.2, 0.25) is 5.02 Å². The Morgan fingerprint density at radius 2 is 2.25 bits per heavy atom.